The van der Waals surface area contributed by atoms with Gasteiger partial charge in [0.25, 0.3) is 0 Å². The number of hydrogen-bond acceptors (Lipinski definition) is 4. The number of phenols is 1. The lowest BCUT2D eigenvalue weighted by molar-refractivity contribution is -0.181. The van der Waals surface area contributed by atoms with Crippen LogP contribution in [-0.4, -0.2) is 45.6 Å². The van der Waals surface area contributed by atoms with Gasteiger partial charge in [0.2, 0.25) is 0 Å². The fraction of sp³-hybridized carbons (Fsp3) is 0.519. The number of ketones is 1. The van der Waals surface area contributed by atoms with Crippen molar-refractivity contribution in [3.05, 3.63) is 65.2 Å². The summed E-state index contributed by atoms with van der Waals surface area (Å²) < 4.78 is 0. The van der Waals surface area contributed by atoms with Crippen molar-refractivity contribution in [3.8, 4) is 5.75 Å². The smallest absolute Gasteiger partial charge is 0.137 e. The van der Waals surface area contributed by atoms with Crippen molar-refractivity contribution in [3.63, 3.8) is 0 Å². The zero-order valence-electron chi connectivity index (χ0n) is 18.0. The fourth-order valence-electron chi connectivity index (χ4n) is 6.92. The molecule has 3 fully saturated rings. The molecule has 4 heteroatoms. The van der Waals surface area contributed by atoms with Crippen LogP contribution in [0.25, 0.3) is 0 Å². The van der Waals surface area contributed by atoms with E-state index in [9.17, 15) is 15.0 Å². The number of fused-ring (bicyclic) bond motifs is 1. The van der Waals surface area contributed by atoms with Crippen LogP contribution >= 0.6 is 0 Å². The number of phenolic OH excluding ortho intramolecular Hbond substituents is 1. The van der Waals surface area contributed by atoms with Gasteiger partial charge in [0.15, 0.2) is 0 Å². The largest absolute Gasteiger partial charge is 0.508 e. The number of carbonyl (C=O) groups excluding carboxylic acids is 1. The summed E-state index contributed by atoms with van der Waals surface area (Å²) >= 11 is 0. The third-order valence-electron chi connectivity index (χ3n) is 8.67. The van der Waals surface area contributed by atoms with Crippen LogP contribution in [0.5, 0.6) is 5.75 Å². The summed E-state index contributed by atoms with van der Waals surface area (Å²) in [6.45, 7) is 1.99. The Balaban J connectivity index is 1.42. The standard InChI is InChI=1S/C27H31NO3/c29-22-9-8-20-13-25-27(31)15-21(12-18-4-2-1-3-5-18)24(30)16-26(27,23(20)14-22)10-11-28(25)17-19-6-7-19/h1-5,8-9,14,19,21,25,29,31H,6-7,10-13,15-17H2. The van der Waals surface area contributed by atoms with Crippen molar-refractivity contribution < 1.29 is 15.0 Å². The Morgan fingerprint density at radius 3 is 2.68 bits per heavy atom. The first-order valence-corrected chi connectivity index (χ1v) is 11.8. The highest BCUT2D eigenvalue weighted by molar-refractivity contribution is 5.85. The molecule has 0 radical (unpaired) electrons. The second kappa shape index (κ2) is 6.91. The van der Waals surface area contributed by atoms with Crippen LogP contribution in [0.4, 0.5) is 0 Å². The van der Waals surface area contributed by atoms with Gasteiger partial charge >= 0.3 is 0 Å². The molecule has 4 nitrogen and oxygen atoms in total. The summed E-state index contributed by atoms with van der Waals surface area (Å²) in [5.74, 6) is 1.11. The topological polar surface area (TPSA) is 60.8 Å². The summed E-state index contributed by atoms with van der Waals surface area (Å²) in [7, 11) is 0. The normalized spacial score (nSPS) is 34.8. The summed E-state index contributed by atoms with van der Waals surface area (Å²) in [5.41, 5.74) is 1.86. The minimum atomic E-state index is -0.936. The van der Waals surface area contributed by atoms with Gasteiger partial charge in [-0.2, -0.15) is 0 Å². The lowest BCUT2D eigenvalue weighted by atomic mass is 9.47. The van der Waals surface area contributed by atoms with Crippen LogP contribution in [0.15, 0.2) is 48.5 Å². The first kappa shape index (κ1) is 19.5. The van der Waals surface area contributed by atoms with E-state index in [0.29, 0.717) is 19.3 Å². The quantitative estimate of drug-likeness (QED) is 0.798. The number of rotatable bonds is 4. The summed E-state index contributed by atoms with van der Waals surface area (Å²) in [6.07, 6.45) is 5.77. The van der Waals surface area contributed by atoms with E-state index in [1.807, 2.05) is 30.3 Å². The second-order valence-corrected chi connectivity index (χ2v) is 10.5. The molecule has 2 aromatic rings. The van der Waals surface area contributed by atoms with Crippen molar-refractivity contribution in [1.82, 2.24) is 4.90 Å². The molecule has 1 heterocycles. The Hall–Kier alpha value is -2.17. The monoisotopic (exact) mass is 417 g/mol. The van der Waals surface area contributed by atoms with E-state index in [-0.39, 0.29) is 23.5 Å². The first-order valence-electron chi connectivity index (χ1n) is 11.8. The minimum Gasteiger partial charge on any atom is -0.508 e. The third kappa shape index (κ3) is 2.99. The van der Waals surface area contributed by atoms with Gasteiger partial charge < -0.3 is 10.2 Å². The molecule has 1 aliphatic heterocycles. The molecule has 3 aliphatic carbocycles. The lowest BCUT2D eigenvalue weighted by Gasteiger charge is -2.64. The van der Waals surface area contributed by atoms with Crippen LogP contribution < -0.4 is 0 Å². The second-order valence-electron chi connectivity index (χ2n) is 10.5. The average molecular weight is 418 g/mol. The first-order chi connectivity index (χ1) is 15.0. The van der Waals surface area contributed by atoms with Crippen LogP contribution in [0.2, 0.25) is 0 Å². The molecule has 4 aliphatic rings. The van der Waals surface area contributed by atoms with E-state index in [2.05, 4.69) is 17.0 Å². The SMILES string of the molecule is O=C1CC23CCN(CC4CC4)C(Cc4ccc(O)cc42)C3(O)CC1Cc1ccccc1. The number of benzene rings is 2. The van der Waals surface area contributed by atoms with Crippen molar-refractivity contribution in [2.75, 3.05) is 13.1 Å². The van der Waals surface area contributed by atoms with Crippen molar-refractivity contribution in [1.29, 1.82) is 0 Å². The number of Topliss-reactive ketones (excluding diaryl/α,β-unsaturated/α-hetero) is 1. The van der Waals surface area contributed by atoms with E-state index in [4.69, 9.17) is 0 Å². The van der Waals surface area contributed by atoms with E-state index in [1.54, 1.807) is 6.07 Å². The van der Waals surface area contributed by atoms with Gasteiger partial charge in [-0.05, 0) is 79.8 Å². The maximum absolute atomic E-state index is 13.5. The highest BCUT2D eigenvalue weighted by Crippen LogP contribution is 2.59. The molecule has 4 atom stereocenters. The number of nitrogens with zero attached hydrogens (tertiary/aromatic N) is 1. The predicted molar refractivity (Wildman–Crippen MR) is 119 cm³/mol. The Bertz CT molecular complexity index is 1020. The highest BCUT2D eigenvalue weighted by Gasteiger charge is 2.66. The number of carbonyl (C=O) groups is 1. The van der Waals surface area contributed by atoms with Crippen LogP contribution in [0.3, 0.4) is 0 Å². The van der Waals surface area contributed by atoms with Crippen LogP contribution in [0.1, 0.15) is 48.8 Å². The maximum atomic E-state index is 13.5. The van der Waals surface area contributed by atoms with Gasteiger partial charge in [-0.15, -0.1) is 0 Å². The molecule has 0 amide bonds. The number of piperidine rings is 1. The van der Waals surface area contributed by atoms with Gasteiger partial charge in [-0.25, -0.2) is 0 Å². The molecule has 4 unspecified atom stereocenters. The molecule has 0 spiro atoms. The number of likely N-dealkylation sites (tertiary alicyclic amines) is 1. The van der Waals surface area contributed by atoms with E-state index < -0.39 is 11.0 Å². The molecule has 31 heavy (non-hydrogen) atoms. The summed E-state index contributed by atoms with van der Waals surface area (Å²) in [5, 5.41) is 22.8. The van der Waals surface area contributed by atoms with E-state index >= 15 is 0 Å². The third-order valence-corrected chi connectivity index (χ3v) is 8.67. The van der Waals surface area contributed by atoms with E-state index in [1.165, 1.54) is 18.4 Å². The van der Waals surface area contributed by atoms with Crippen LogP contribution in [-0.2, 0) is 23.1 Å². The number of aliphatic hydroxyl groups is 1. The number of aromatic hydroxyl groups is 1. The molecule has 2 saturated carbocycles. The van der Waals surface area contributed by atoms with Gasteiger partial charge in [-0.3, -0.25) is 9.69 Å². The average Bonchev–Trinajstić information content (AvgIpc) is 3.57. The minimum absolute atomic E-state index is 0.0465. The van der Waals surface area contributed by atoms with Gasteiger partial charge in [0.05, 0.1) is 5.60 Å². The molecule has 2 aromatic carbocycles. The molecule has 2 N–H and O–H groups in total. The fourth-order valence-corrected chi connectivity index (χ4v) is 6.92. The van der Waals surface area contributed by atoms with Gasteiger partial charge in [0.1, 0.15) is 11.5 Å². The molecule has 6 rings (SSSR count). The molecular weight excluding hydrogens is 386 g/mol. The van der Waals surface area contributed by atoms with Crippen molar-refractivity contribution in [2.24, 2.45) is 11.8 Å². The molecular formula is C27H31NO3. The summed E-state index contributed by atoms with van der Waals surface area (Å²) in [4.78, 5) is 16.0. The predicted octanol–water partition coefficient (Wildman–Crippen LogP) is 3.62. The Morgan fingerprint density at radius 1 is 1.10 bits per heavy atom. The Morgan fingerprint density at radius 2 is 1.90 bits per heavy atom. The van der Waals surface area contributed by atoms with Gasteiger partial charge in [0, 0.05) is 30.3 Å². The van der Waals surface area contributed by atoms with Crippen LogP contribution in [0, 0.1) is 11.8 Å². The highest BCUT2D eigenvalue weighted by atomic mass is 16.3. The molecule has 162 valence electrons. The van der Waals surface area contributed by atoms with Crippen molar-refractivity contribution in [2.45, 2.75) is 62.0 Å². The number of hydrogen-bond donors (Lipinski definition) is 2. The molecule has 0 aromatic heterocycles. The van der Waals surface area contributed by atoms with Crippen molar-refractivity contribution >= 4 is 5.78 Å². The Labute approximate surface area is 183 Å². The van der Waals surface area contributed by atoms with Gasteiger partial charge in [-0.1, -0.05) is 36.4 Å². The zero-order valence-corrected chi connectivity index (χ0v) is 18.0. The zero-order chi connectivity index (χ0) is 21.2. The summed E-state index contributed by atoms with van der Waals surface area (Å²) in [6, 6.07) is 15.8. The van der Waals surface area contributed by atoms with E-state index in [0.717, 1.165) is 43.0 Å². The maximum Gasteiger partial charge on any atom is 0.137 e. The molecule has 2 bridgehead atoms. The Kier molecular flexibility index (Phi) is 4.35. The lowest BCUT2D eigenvalue weighted by Crippen LogP contribution is -2.74. The molecule has 1 saturated heterocycles.